The summed E-state index contributed by atoms with van der Waals surface area (Å²) in [6.45, 7) is 4.04. The SMILES string of the molecule is COc1ccc(CCNC(=O)C(=O)N/N=C/c2ccc(CNC(=O)C(=O)Nc3ccc(C)c(C)c3)o2)cc1OC. The molecular formula is C28H31N5O7. The molecule has 3 aromatic rings. The molecule has 12 heteroatoms. The highest BCUT2D eigenvalue weighted by atomic mass is 16.5. The summed E-state index contributed by atoms with van der Waals surface area (Å²) in [5.41, 5.74) is 5.60. The minimum atomic E-state index is -0.947. The molecule has 0 aliphatic heterocycles. The van der Waals surface area contributed by atoms with Crippen LogP contribution in [0.5, 0.6) is 11.5 Å². The summed E-state index contributed by atoms with van der Waals surface area (Å²) in [7, 11) is 3.07. The highest BCUT2D eigenvalue weighted by Gasteiger charge is 2.15. The molecule has 0 bridgehead atoms. The van der Waals surface area contributed by atoms with Gasteiger partial charge in [0, 0.05) is 12.2 Å². The maximum atomic E-state index is 12.1. The van der Waals surface area contributed by atoms with E-state index in [-0.39, 0.29) is 18.8 Å². The summed E-state index contributed by atoms with van der Waals surface area (Å²) in [5.74, 6) is -1.64. The fourth-order valence-corrected chi connectivity index (χ4v) is 3.46. The third kappa shape index (κ3) is 8.45. The second-order valence-electron chi connectivity index (χ2n) is 8.63. The Labute approximate surface area is 231 Å². The lowest BCUT2D eigenvalue weighted by atomic mass is 10.1. The number of nitrogens with zero attached hydrogens (tertiary/aromatic N) is 1. The number of benzene rings is 2. The largest absolute Gasteiger partial charge is 0.493 e. The lowest BCUT2D eigenvalue weighted by Crippen LogP contribution is -2.38. The number of hydrazone groups is 1. The molecule has 0 radical (unpaired) electrons. The minimum absolute atomic E-state index is 0.0398. The number of carbonyl (C=O) groups is 4. The molecule has 12 nitrogen and oxygen atoms in total. The molecule has 0 aliphatic rings. The number of rotatable bonds is 10. The van der Waals surface area contributed by atoms with Gasteiger partial charge >= 0.3 is 23.6 Å². The number of furan rings is 1. The monoisotopic (exact) mass is 549 g/mol. The van der Waals surface area contributed by atoms with Gasteiger partial charge in [0.2, 0.25) is 0 Å². The lowest BCUT2D eigenvalue weighted by Gasteiger charge is -2.09. The quantitative estimate of drug-likeness (QED) is 0.171. The van der Waals surface area contributed by atoms with Crippen LogP contribution in [0, 0.1) is 13.8 Å². The third-order valence-corrected chi connectivity index (χ3v) is 5.79. The van der Waals surface area contributed by atoms with Gasteiger partial charge in [0.25, 0.3) is 0 Å². The number of hydrogen-bond acceptors (Lipinski definition) is 8. The zero-order chi connectivity index (χ0) is 29.1. The molecule has 2 aromatic carbocycles. The van der Waals surface area contributed by atoms with Crippen LogP contribution in [0.3, 0.4) is 0 Å². The molecule has 3 rings (SSSR count). The Morgan fingerprint density at radius 1 is 0.825 bits per heavy atom. The zero-order valence-corrected chi connectivity index (χ0v) is 22.6. The number of amides is 4. The van der Waals surface area contributed by atoms with Crippen molar-refractivity contribution in [3.63, 3.8) is 0 Å². The molecule has 40 heavy (non-hydrogen) atoms. The molecule has 1 heterocycles. The standard InChI is InChI=1S/C28H31N5O7/c1-17-5-7-20(13-18(17)2)32-27(36)25(34)30-15-21-8-9-22(40-21)16-31-33-28(37)26(35)29-12-11-19-6-10-23(38-3)24(14-19)39-4/h5-10,13-14,16H,11-12,15H2,1-4H3,(H,29,35)(H,30,34)(H,32,36)(H,33,37)/b31-16+. The van der Waals surface area contributed by atoms with Gasteiger partial charge < -0.3 is 29.8 Å². The van der Waals surface area contributed by atoms with Crippen molar-refractivity contribution in [2.75, 3.05) is 26.1 Å². The smallest absolute Gasteiger partial charge is 0.329 e. The first-order valence-corrected chi connectivity index (χ1v) is 12.3. The molecule has 4 amide bonds. The van der Waals surface area contributed by atoms with Crippen molar-refractivity contribution in [1.29, 1.82) is 0 Å². The fourth-order valence-electron chi connectivity index (χ4n) is 3.46. The molecule has 0 saturated carbocycles. The van der Waals surface area contributed by atoms with Crippen molar-refractivity contribution >= 4 is 35.5 Å². The van der Waals surface area contributed by atoms with E-state index in [1.165, 1.54) is 13.3 Å². The number of hydrogen-bond donors (Lipinski definition) is 4. The predicted molar refractivity (Wildman–Crippen MR) is 147 cm³/mol. The number of carbonyl (C=O) groups excluding carboxylic acids is 4. The van der Waals surface area contributed by atoms with E-state index in [9.17, 15) is 19.2 Å². The average molecular weight is 550 g/mol. The number of ether oxygens (including phenoxy) is 2. The Bertz CT molecular complexity index is 1410. The van der Waals surface area contributed by atoms with E-state index in [0.717, 1.165) is 16.7 Å². The molecule has 210 valence electrons. The Kier molecular flexibility index (Phi) is 10.4. The van der Waals surface area contributed by atoms with Gasteiger partial charge in [-0.05, 0) is 73.4 Å². The summed E-state index contributed by atoms with van der Waals surface area (Å²) in [6.07, 6.45) is 1.67. The molecule has 4 N–H and O–H groups in total. The molecule has 0 atom stereocenters. The van der Waals surface area contributed by atoms with Crippen LogP contribution in [0.2, 0.25) is 0 Å². The predicted octanol–water partition coefficient (Wildman–Crippen LogP) is 1.98. The summed E-state index contributed by atoms with van der Waals surface area (Å²) < 4.78 is 15.9. The Hall–Kier alpha value is -5.13. The zero-order valence-electron chi connectivity index (χ0n) is 22.6. The van der Waals surface area contributed by atoms with Crippen LogP contribution >= 0.6 is 0 Å². The first-order chi connectivity index (χ1) is 19.2. The van der Waals surface area contributed by atoms with Gasteiger partial charge in [-0.25, -0.2) is 5.43 Å². The van der Waals surface area contributed by atoms with Crippen LogP contribution in [0.25, 0.3) is 0 Å². The highest BCUT2D eigenvalue weighted by Crippen LogP contribution is 2.27. The van der Waals surface area contributed by atoms with E-state index < -0.39 is 23.6 Å². The summed E-state index contributed by atoms with van der Waals surface area (Å²) in [5, 5.41) is 11.2. The van der Waals surface area contributed by atoms with Crippen molar-refractivity contribution in [2.24, 2.45) is 5.10 Å². The van der Waals surface area contributed by atoms with Gasteiger partial charge in [0.1, 0.15) is 11.5 Å². The first-order valence-electron chi connectivity index (χ1n) is 12.3. The molecule has 0 saturated heterocycles. The number of aryl methyl sites for hydroxylation is 2. The molecule has 0 unspecified atom stereocenters. The second-order valence-corrected chi connectivity index (χ2v) is 8.63. The minimum Gasteiger partial charge on any atom is -0.493 e. The lowest BCUT2D eigenvalue weighted by molar-refractivity contribution is -0.139. The first kappa shape index (κ1) is 29.4. The fraction of sp³-hybridized carbons (Fsp3) is 0.250. The average Bonchev–Trinajstić information content (AvgIpc) is 3.40. The molecule has 0 spiro atoms. The second kappa shape index (κ2) is 14.1. The van der Waals surface area contributed by atoms with Gasteiger partial charge in [0.05, 0.1) is 27.0 Å². The van der Waals surface area contributed by atoms with Crippen LogP contribution < -0.4 is 30.8 Å². The van der Waals surface area contributed by atoms with Gasteiger partial charge in [-0.2, -0.15) is 5.10 Å². The summed E-state index contributed by atoms with van der Waals surface area (Å²) in [6, 6.07) is 13.9. The van der Waals surface area contributed by atoms with Crippen molar-refractivity contribution < 1.29 is 33.1 Å². The van der Waals surface area contributed by atoms with Gasteiger partial charge in [0.15, 0.2) is 11.5 Å². The van der Waals surface area contributed by atoms with Crippen LogP contribution in [-0.2, 0) is 32.1 Å². The Morgan fingerprint density at radius 3 is 2.30 bits per heavy atom. The maximum absolute atomic E-state index is 12.1. The van der Waals surface area contributed by atoms with Crippen molar-refractivity contribution in [3.8, 4) is 11.5 Å². The van der Waals surface area contributed by atoms with Crippen molar-refractivity contribution in [3.05, 3.63) is 76.7 Å². The van der Waals surface area contributed by atoms with Gasteiger partial charge in [-0.15, -0.1) is 0 Å². The van der Waals surface area contributed by atoms with Crippen LogP contribution in [0.15, 0.2) is 58.0 Å². The van der Waals surface area contributed by atoms with Crippen LogP contribution in [-0.4, -0.2) is 50.6 Å². The molecule has 0 aliphatic carbocycles. The van der Waals surface area contributed by atoms with Gasteiger partial charge in [-0.1, -0.05) is 12.1 Å². The van der Waals surface area contributed by atoms with Crippen molar-refractivity contribution in [1.82, 2.24) is 16.1 Å². The number of methoxy groups -OCH3 is 2. The van der Waals surface area contributed by atoms with Crippen LogP contribution in [0.4, 0.5) is 5.69 Å². The van der Waals surface area contributed by atoms with Gasteiger partial charge in [-0.3, -0.25) is 19.2 Å². The van der Waals surface area contributed by atoms with E-state index >= 15 is 0 Å². The topological polar surface area (TPSA) is 160 Å². The van der Waals surface area contributed by atoms with Crippen LogP contribution in [0.1, 0.15) is 28.2 Å². The van der Waals surface area contributed by atoms with E-state index in [4.69, 9.17) is 13.9 Å². The molecule has 1 aromatic heterocycles. The number of anilines is 1. The Morgan fingerprint density at radius 2 is 1.57 bits per heavy atom. The Balaban J connectivity index is 1.38. The molecular weight excluding hydrogens is 518 g/mol. The molecule has 0 fully saturated rings. The van der Waals surface area contributed by atoms with E-state index in [1.54, 1.807) is 43.5 Å². The maximum Gasteiger partial charge on any atom is 0.329 e. The number of nitrogens with one attached hydrogen (secondary N) is 4. The summed E-state index contributed by atoms with van der Waals surface area (Å²) >= 11 is 0. The summed E-state index contributed by atoms with van der Waals surface area (Å²) in [4.78, 5) is 48.2. The highest BCUT2D eigenvalue weighted by molar-refractivity contribution is 6.39. The third-order valence-electron chi connectivity index (χ3n) is 5.79. The van der Waals surface area contributed by atoms with E-state index in [2.05, 4.69) is 26.5 Å². The van der Waals surface area contributed by atoms with E-state index in [1.807, 2.05) is 26.0 Å². The van der Waals surface area contributed by atoms with E-state index in [0.29, 0.717) is 29.4 Å². The van der Waals surface area contributed by atoms with Crippen molar-refractivity contribution in [2.45, 2.75) is 26.8 Å². The normalized spacial score (nSPS) is 10.6.